The van der Waals surface area contributed by atoms with Gasteiger partial charge in [-0.3, -0.25) is 4.79 Å². The van der Waals surface area contributed by atoms with Crippen LogP contribution in [0.4, 0.5) is 0 Å². The number of rotatable bonds is 3. The van der Waals surface area contributed by atoms with Gasteiger partial charge in [-0.05, 0) is 30.2 Å². The molecule has 0 radical (unpaired) electrons. The third-order valence-corrected chi connectivity index (χ3v) is 4.40. The molecule has 0 aliphatic carbocycles. The summed E-state index contributed by atoms with van der Waals surface area (Å²) in [6.45, 7) is 1.99. The lowest BCUT2D eigenvalue weighted by atomic mass is 9.96. The summed E-state index contributed by atoms with van der Waals surface area (Å²) in [7, 11) is 0. The molecule has 0 saturated heterocycles. The molecule has 0 amide bonds. The average Bonchev–Trinajstić information content (AvgIpc) is 3.10. The summed E-state index contributed by atoms with van der Waals surface area (Å²) < 4.78 is 5.60. The van der Waals surface area contributed by atoms with Crippen LogP contribution in [0.2, 0.25) is 5.02 Å². The molecular weight excluding hydrogens is 336 g/mol. The predicted molar refractivity (Wildman–Crippen MR) is 99.9 cm³/mol. The zero-order valence-corrected chi connectivity index (χ0v) is 14.3. The van der Waals surface area contributed by atoms with E-state index in [1.165, 1.54) is 0 Å². The summed E-state index contributed by atoms with van der Waals surface area (Å²) in [6, 6.07) is 15.1. The molecule has 5 heteroatoms. The van der Waals surface area contributed by atoms with Crippen molar-refractivity contribution in [3.63, 3.8) is 0 Å². The number of aryl methyl sites for hydroxylation is 1. The first-order valence-electron chi connectivity index (χ1n) is 8.03. The van der Waals surface area contributed by atoms with Crippen molar-refractivity contribution >= 4 is 22.5 Å². The van der Waals surface area contributed by atoms with E-state index in [1.54, 1.807) is 12.3 Å². The minimum absolute atomic E-state index is 0.238. The van der Waals surface area contributed by atoms with E-state index < -0.39 is 0 Å². The van der Waals surface area contributed by atoms with E-state index in [-0.39, 0.29) is 5.56 Å². The molecule has 124 valence electrons. The topological polar surface area (TPSA) is 58.9 Å². The van der Waals surface area contributed by atoms with Crippen LogP contribution in [0.3, 0.4) is 0 Å². The molecule has 0 atom stereocenters. The van der Waals surface area contributed by atoms with Crippen LogP contribution in [0, 0.1) is 0 Å². The van der Waals surface area contributed by atoms with Crippen molar-refractivity contribution in [2.45, 2.75) is 13.3 Å². The number of pyridine rings is 1. The number of halogens is 1. The van der Waals surface area contributed by atoms with Crippen molar-refractivity contribution in [1.29, 1.82) is 0 Å². The van der Waals surface area contributed by atoms with Gasteiger partial charge in [0.05, 0.1) is 5.69 Å². The van der Waals surface area contributed by atoms with Gasteiger partial charge in [-0.25, -0.2) is 4.98 Å². The lowest BCUT2D eigenvalue weighted by molar-refractivity contribution is 0.572. The molecule has 2 heterocycles. The highest BCUT2D eigenvalue weighted by Gasteiger charge is 2.20. The summed E-state index contributed by atoms with van der Waals surface area (Å²) in [5.41, 5.74) is 3.39. The van der Waals surface area contributed by atoms with Crippen LogP contribution in [0.1, 0.15) is 12.6 Å². The first-order valence-corrected chi connectivity index (χ1v) is 8.41. The van der Waals surface area contributed by atoms with Gasteiger partial charge in [0.25, 0.3) is 5.56 Å². The van der Waals surface area contributed by atoms with E-state index in [9.17, 15) is 4.79 Å². The van der Waals surface area contributed by atoms with Crippen LogP contribution in [-0.4, -0.2) is 9.97 Å². The van der Waals surface area contributed by atoms with E-state index in [0.717, 1.165) is 34.1 Å². The van der Waals surface area contributed by atoms with Gasteiger partial charge in [-0.1, -0.05) is 48.9 Å². The van der Waals surface area contributed by atoms with Gasteiger partial charge in [0.2, 0.25) is 5.89 Å². The summed E-state index contributed by atoms with van der Waals surface area (Å²) >= 11 is 6.21. The van der Waals surface area contributed by atoms with Crippen LogP contribution in [0.5, 0.6) is 0 Å². The molecule has 4 nitrogen and oxygen atoms in total. The largest absolute Gasteiger partial charge is 0.444 e. The number of fused-ring (bicyclic) bond motifs is 1. The zero-order chi connectivity index (χ0) is 17.4. The third kappa shape index (κ3) is 2.75. The number of aromatic nitrogens is 2. The fourth-order valence-electron chi connectivity index (χ4n) is 2.96. The van der Waals surface area contributed by atoms with Crippen LogP contribution < -0.4 is 5.56 Å². The molecule has 0 fully saturated rings. The van der Waals surface area contributed by atoms with Crippen molar-refractivity contribution in [3.05, 3.63) is 75.9 Å². The predicted octanol–water partition coefficient (Wildman–Crippen LogP) is 5.07. The Hall–Kier alpha value is -2.85. The number of oxazole rings is 1. The Morgan fingerprint density at radius 3 is 2.64 bits per heavy atom. The quantitative estimate of drug-likeness (QED) is 0.561. The van der Waals surface area contributed by atoms with Gasteiger partial charge in [0.1, 0.15) is 11.8 Å². The summed E-state index contributed by atoms with van der Waals surface area (Å²) in [6.07, 6.45) is 2.33. The SMILES string of the molecule is CCc1coc(-c2c(-c3ccccc3)c3cc(Cl)ccc3[nH]c2=O)n1. The Morgan fingerprint density at radius 2 is 1.92 bits per heavy atom. The maximum atomic E-state index is 12.8. The Bertz CT molecular complexity index is 1110. The number of hydrogen-bond acceptors (Lipinski definition) is 3. The second kappa shape index (κ2) is 6.22. The normalized spacial score (nSPS) is 11.1. The fourth-order valence-corrected chi connectivity index (χ4v) is 3.13. The van der Waals surface area contributed by atoms with Gasteiger partial charge in [0.15, 0.2) is 0 Å². The van der Waals surface area contributed by atoms with Crippen molar-refractivity contribution in [2.75, 3.05) is 0 Å². The Kier molecular flexibility index (Phi) is 3.90. The monoisotopic (exact) mass is 350 g/mol. The molecule has 0 spiro atoms. The average molecular weight is 351 g/mol. The van der Waals surface area contributed by atoms with Crippen molar-refractivity contribution in [3.8, 4) is 22.6 Å². The lowest BCUT2D eigenvalue weighted by Gasteiger charge is -2.11. The highest BCUT2D eigenvalue weighted by Crippen LogP contribution is 2.35. The molecule has 0 unspecified atom stereocenters. The van der Waals surface area contributed by atoms with Crippen molar-refractivity contribution in [1.82, 2.24) is 9.97 Å². The molecule has 1 N–H and O–H groups in total. The van der Waals surface area contributed by atoms with E-state index in [4.69, 9.17) is 16.0 Å². The molecule has 2 aromatic heterocycles. The van der Waals surface area contributed by atoms with Gasteiger partial charge in [-0.2, -0.15) is 0 Å². The van der Waals surface area contributed by atoms with E-state index in [0.29, 0.717) is 16.5 Å². The summed E-state index contributed by atoms with van der Waals surface area (Å²) in [5.74, 6) is 0.318. The van der Waals surface area contributed by atoms with Crippen LogP contribution >= 0.6 is 11.6 Å². The number of aromatic amines is 1. The fraction of sp³-hybridized carbons (Fsp3) is 0.100. The zero-order valence-electron chi connectivity index (χ0n) is 13.5. The van der Waals surface area contributed by atoms with Crippen LogP contribution in [-0.2, 0) is 6.42 Å². The van der Waals surface area contributed by atoms with Crippen molar-refractivity contribution < 1.29 is 4.42 Å². The number of nitrogens with zero attached hydrogens (tertiary/aromatic N) is 1. The Balaban J connectivity index is 2.14. The maximum absolute atomic E-state index is 12.8. The summed E-state index contributed by atoms with van der Waals surface area (Å²) in [5, 5.41) is 1.45. The number of nitrogens with one attached hydrogen (secondary N) is 1. The standard InChI is InChI=1S/C20H15ClN2O2/c1-2-14-11-25-20(22-14)18-17(12-6-4-3-5-7-12)15-10-13(21)8-9-16(15)23-19(18)24/h3-11H,2H2,1H3,(H,23,24). The lowest BCUT2D eigenvalue weighted by Crippen LogP contribution is -2.11. The molecule has 0 saturated carbocycles. The van der Waals surface area contributed by atoms with Gasteiger partial charge >= 0.3 is 0 Å². The molecule has 2 aromatic carbocycles. The van der Waals surface area contributed by atoms with Gasteiger partial charge in [0, 0.05) is 21.5 Å². The minimum atomic E-state index is -0.238. The number of benzene rings is 2. The molecule has 0 bridgehead atoms. The first kappa shape index (κ1) is 15.7. The Labute approximate surface area is 149 Å². The van der Waals surface area contributed by atoms with Crippen LogP contribution in [0.25, 0.3) is 33.5 Å². The molecule has 4 rings (SSSR count). The van der Waals surface area contributed by atoms with Gasteiger partial charge < -0.3 is 9.40 Å². The molecule has 4 aromatic rings. The summed E-state index contributed by atoms with van der Waals surface area (Å²) in [4.78, 5) is 20.2. The molecule has 25 heavy (non-hydrogen) atoms. The Morgan fingerprint density at radius 1 is 1.12 bits per heavy atom. The molecular formula is C20H15ClN2O2. The number of H-pyrrole nitrogens is 1. The second-order valence-electron chi connectivity index (χ2n) is 5.76. The third-order valence-electron chi connectivity index (χ3n) is 4.17. The van der Waals surface area contributed by atoms with Crippen molar-refractivity contribution in [2.24, 2.45) is 0 Å². The van der Waals surface area contributed by atoms with Crippen LogP contribution in [0.15, 0.2) is 64.0 Å². The minimum Gasteiger partial charge on any atom is -0.444 e. The number of hydrogen-bond donors (Lipinski definition) is 1. The smallest absolute Gasteiger partial charge is 0.261 e. The second-order valence-corrected chi connectivity index (χ2v) is 6.19. The maximum Gasteiger partial charge on any atom is 0.261 e. The highest BCUT2D eigenvalue weighted by atomic mass is 35.5. The van der Waals surface area contributed by atoms with E-state index >= 15 is 0 Å². The van der Waals surface area contributed by atoms with E-state index in [2.05, 4.69) is 9.97 Å². The van der Waals surface area contributed by atoms with Gasteiger partial charge in [-0.15, -0.1) is 0 Å². The van der Waals surface area contributed by atoms with E-state index in [1.807, 2.05) is 49.4 Å². The molecule has 0 aliphatic heterocycles. The first-order chi connectivity index (χ1) is 12.2. The molecule has 0 aliphatic rings. The highest BCUT2D eigenvalue weighted by molar-refractivity contribution is 6.31.